The number of hydrogen-bond acceptors (Lipinski definition) is 20. The Morgan fingerprint density at radius 2 is 1.38 bits per heavy atom. The third-order valence-corrected chi connectivity index (χ3v) is 8.96. The lowest BCUT2D eigenvalue weighted by molar-refractivity contribution is -0.358. The first-order valence-electron chi connectivity index (χ1n) is 16.6. The number of ether oxygens (including phenoxy) is 5. The summed E-state index contributed by atoms with van der Waals surface area (Å²) in [5.41, 5.74) is -1.40. The number of aromatic hydroxyl groups is 5. The molecule has 2 aliphatic heterocycles. The van der Waals surface area contributed by atoms with Gasteiger partial charge in [-0.05, 0) is 42.0 Å². The minimum atomic E-state index is -2.04. The zero-order valence-corrected chi connectivity index (χ0v) is 28.6. The van der Waals surface area contributed by atoms with E-state index in [-0.39, 0.29) is 5.56 Å². The molecular weight excluding hydrogens is 752 g/mol. The van der Waals surface area contributed by atoms with Gasteiger partial charge in [0.1, 0.15) is 65.2 Å². The van der Waals surface area contributed by atoms with E-state index in [2.05, 4.69) is 0 Å². The van der Waals surface area contributed by atoms with Crippen molar-refractivity contribution in [2.24, 2.45) is 0 Å². The van der Waals surface area contributed by atoms with Crippen molar-refractivity contribution < 1.29 is 94.2 Å². The molecule has 7 unspecified atom stereocenters. The van der Waals surface area contributed by atoms with E-state index in [1.807, 2.05) is 0 Å². The van der Waals surface area contributed by atoms with E-state index >= 15 is 0 Å². The molecule has 2 fully saturated rings. The SMILES string of the molecule is O=C(/C=C/c1ccc(O)c(O)c1)Oc1cc(-c2oc3cc(O)cc(O)c3c(=O)c2OC2OC(CO)C(O)C(O)C2O[C@@H]2OC(CO)[C@@H](O)[C@H](O)C2O)ccc1O. The average molecular weight is 789 g/mol. The highest BCUT2D eigenvalue weighted by molar-refractivity contribution is 5.90. The highest BCUT2D eigenvalue weighted by atomic mass is 16.8. The summed E-state index contributed by atoms with van der Waals surface area (Å²) in [6, 6.07) is 8.77. The summed E-state index contributed by atoms with van der Waals surface area (Å²) in [5.74, 6) is -5.61. The lowest BCUT2D eigenvalue weighted by Gasteiger charge is -2.45. The quantitative estimate of drug-likeness (QED) is 0.0381. The average Bonchev–Trinajstić information content (AvgIpc) is 3.16. The summed E-state index contributed by atoms with van der Waals surface area (Å²) in [4.78, 5) is 26.9. The number of carbonyl (C=O) groups is 1. The number of aliphatic hydroxyl groups is 7. The van der Waals surface area contributed by atoms with Gasteiger partial charge in [0.2, 0.25) is 17.5 Å². The van der Waals surface area contributed by atoms with Gasteiger partial charge in [-0.15, -0.1) is 0 Å². The van der Waals surface area contributed by atoms with Crippen LogP contribution in [0.5, 0.6) is 40.2 Å². The number of hydrogen-bond donors (Lipinski definition) is 12. The summed E-state index contributed by atoms with van der Waals surface area (Å²) in [5, 5.41) is 123. The van der Waals surface area contributed by atoms with Crippen LogP contribution in [-0.2, 0) is 19.0 Å². The van der Waals surface area contributed by atoms with Crippen LogP contribution in [0.2, 0.25) is 0 Å². The third-order valence-electron chi connectivity index (χ3n) is 8.96. The summed E-state index contributed by atoms with van der Waals surface area (Å²) in [6.45, 7) is -1.77. The van der Waals surface area contributed by atoms with Crippen molar-refractivity contribution in [1.82, 2.24) is 0 Å². The van der Waals surface area contributed by atoms with Crippen molar-refractivity contribution in [3.63, 3.8) is 0 Å². The van der Waals surface area contributed by atoms with E-state index < -0.39 is 143 Å². The molecule has 20 nitrogen and oxygen atoms in total. The van der Waals surface area contributed by atoms with Gasteiger partial charge >= 0.3 is 5.97 Å². The number of phenolic OH excluding ortho intramolecular Hbond substituents is 5. The zero-order chi connectivity index (χ0) is 40.6. The Kier molecular flexibility index (Phi) is 11.7. The highest BCUT2D eigenvalue weighted by Gasteiger charge is 2.51. The molecule has 2 aliphatic rings. The minimum absolute atomic E-state index is 0.156. The molecule has 0 saturated carbocycles. The molecule has 1 aromatic heterocycles. The van der Waals surface area contributed by atoms with Crippen LogP contribution in [0.3, 0.4) is 0 Å². The first-order chi connectivity index (χ1) is 26.6. The molecule has 0 amide bonds. The molecule has 300 valence electrons. The van der Waals surface area contributed by atoms with E-state index in [9.17, 15) is 70.9 Å². The van der Waals surface area contributed by atoms with Crippen molar-refractivity contribution >= 4 is 23.0 Å². The molecule has 0 bridgehead atoms. The Hall–Kier alpha value is -5.52. The van der Waals surface area contributed by atoms with Gasteiger partial charge in [-0.1, -0.05) is 6.07 Å². The molecule has 0 spiro atoms. The second-order valence-electron chi connectivity index (χ2n) is 12.7. The molecule has 56 heavy (non-hydrogen) atoms. The summed E-state index contributed by atoms with van der Waals surface area (Å²) < 4.78 is 33.8. The van der Waals surface area contributed by atoms with Gasteiger partial charge in [0, 0.05) is 23.8 Å². The van der Waals surface area contributed by atoms with Crippen LogP contribution in [-0.4, -0.2) is 142 Å². The Balaban J connectivity index is 1.40. The van der Waals surface area contributed by atoms with Gasteiger partial charge in [0.15, 0.2) is 41.2 Å². The monoisotopic (exact) mass is 788 g/mol. The van der Waals surface area contributed by atoms with Crippen molar-refractivity contribution in [3.05, 3.63) is 70.4 Å². The standard InChI is InChI=1S/C36H36O20/c37-11-22-26(45)29(48)31(50)35(53-22)56-34-30(49)27(46)23(12-38)54-36(34)55-33-28(47)25-19(43)9-15(39)10-21(25)52-32(33)14-3-5-17(41)20(8-14)51-24(44)6-2-13-1-4-16(40)18(42)7-13/h1-10,22-23,26-27,29-31,34-43,45-46,48-50H,11-12H2/b6-2+/t22?,23?,26-,27?,29+,30?,31?,34?,35+,36?/m1/s1. The number of carbonyl (C=O) groups excluding carboxylic acids is 1. The maximum atomic E-state index is 14.1. The van der Waals surface area contributed by atoms with Crippen molar-refractivity contribution in [3.8, 4) is 51.6 Å². The Morgan fingerprint density at radius 3 is 2.05 bits per heavy atom. The highest BCUT2D eigenvalue weighted by Crippen LogP contribution is 2.40. The second-order valence-corrected chi connectivity index (χ2v) is 12.7. The Bertz CT molecular complexity index is 2160. The van der Waals surface area contributed by atoms with E-state index in [0.717, 1.165) is 36.4 Å². The number of rotatable bonds is 10. The lowest BCUT2D eigenvalue weighted by atomic mass is 9.97. The van der Waals surface area contributed by atoms with Gasteiger partial charge < -0.3 is 89.4 Å². The fraction of sp³-hybridized carbons (Fsp3) is 0.333. The molecule has 10 atom stereocenters. The smallest absolute Gasteiger partial charge is 0.336 e. The lowest BCUT2D eigenvalue weighted by Crippen LogP contribution is -2.65. The molecule has 3 heterocycles. The fourth-order valence-electron chi connectivity index (χ4n) is 6.00. The molecule has 20 heteroatoms. The van der Waals surface area contributed by atoms with Gasteiger partial charge in [-0.25, -0.2) is 4.79 Å². The molecule has 6 rings (SSSR count). The maximum absolute atomic E-state index is 14.1. The maximum Gasteiger partial charge on any atom is 0.336 e. The zero-order valence-electron chi connectivity index (χ0n) is 28.6. The largest absolute Gasteiger partial charge is 0.508 e. The molecule has 4 aromatic rings. The molecule has 0 radical (unpaired) electrons. The van der Waals surface area contributed by atoms with Crippen LogP contribution < -0.4 is 14.9 Å². The van der Waals surface area contributed by atoms with Crippen LogP contribution >= 0.6 is 0 Å². The van der Waals surface area contributed by atoms with Crippen LogP contribution in [0.4, 0.5) is 0 Å². The number of esters is 1. The topological polar surface area (TPSA) is 336 Å². The molecule has 3 aromatic carbocycles. The number of fused-ring (bicyclic) bond motifs is 1. The van der Waals surface area contributed by atoms with Crippen LogP contribution in [0.25, 0.3) is 28.4 Å². The van der Waals surface area contributed by atoms with Crippen molar-refractivity contribution in [2.45, 2.75) is 61.4 Å². The Labute approximate surface area is 313 Å². The van der Waals surface area contributed by atoms with Gasteiger partial charge in [0.05, 0.1) is 13.2 Å². The number of aliphatic hydroxyl groups excluding tert-OH is 7. The molecule has 12 N–H and O–H groups in total. The molecule has 0 aliphatic carbocycles. The van der Waals surface area contributed by atoms with E-state index in [0.29, 0.717) is 5.56 Å². The summed E-state index contributed by atoms with van der Waals surface area (Å²) in [7, 11) is 0. The van der Waals surface area contributed by atoms with E-state index in [1.165, 1.54) is 24.3 Å². The molecule has 2 saturated heterocycles. The van der Waals surface area contributed by atoms with Gasteiger partial charge in [-0.2, -0.15) is 0 Å². The van der Waals surface area contributed by atoms with Crippen molar-refractivity contribution in [1.29, 1.82) is 0 Å². The Morgan fingerprint density at radius 1 is 0.714 bits per heavy atom. The molecular formula is C36H36O20. The van der Waals surface area contributed by atoms with Gasteiger partial charge in [0.25, 0.3) is 0 Å². The minimum Gasteiger partial charge on any atom is -0.508 e. The predicted octanol–water partition coefficient (Wildman–Crippen LogP) is -1.39. The second kappa shape index (κ2) is 16.3. The predicted molar refractivity (Wildman–Crippen MR) is 184 cm³/mol. The fourth-order valence-corrected chi connectivity index (χ4v) is 6.00. The van der Waals surface area contributed by atoms with Crippen molar-refractivity contribution in [2.75, 3.05) is 13.2 Å². The van der Waals surface area contributed by atoms with Crippen LogP contribution in [0.1, 0.15) is 5.56 Å². The van der Waals surface area contributed by atoms with Crippen LogP contribution in [0, 0.1) is 0 Å². The first kappa shape index (κ1) is 40.2. The third kappa shape index (κ3) is 7.92. The number of phenols is 5. The van der Waals surface area contributed by atoms with E-state index in [1.54, 1.807) is 0 Å². The van der Waals surface area contributed by atoms with E-state index in [4.69, 9.17) is 28.1 Å². The first-order valence-corrected chi connectivity index (χ1v) is 16.6. The van der Waals surface area contributed by atoms with Gasteiger partial charge in [-0.3, -0.25) is 4.79 Å². The number of benzene rings is 3. The summed E-state index contributed by atoms with van der Waals surface area (Å²) >= 11 is 0. The normalized spacial score (nSPS) is 28.1. The summed E-state index contributed by atoms with van der Waals surface area (Å²) in [6.07, 6.45) is -16.5. The van der Waals surface area contributed by atoms with Crippen LogP contribution in [0.15, 0.2) is 63.8 Å².